The van der Waals surface area contributed by atoms with Crippen molar-refractivity contribution in [1.29, 1.82) is 0 Å². The Bertz CT molecular complexity index is 1050. The van der Waals surface area contributed by atoms with Gasteiger partial charge in [0.05, 0.1) is 25.4 Å². The summed E-state index contributed by atoms with van der Waals surface area (Å²) in [5.41, 5.74) is 1.78. The van der Waals surface area contributed by atoms with Crippen LogP contribution in [-0.2, 0) is 23.8 Å². The van der Waals surface area contributed by atoms with E-state index in [1.807, 2.05) is 66.7 Å². The van der Waals surface area contributed by atoms with Gasteiger partial charge in [-0.25, -0.2) is 4.79 Å². The summed E-state index contributed by atoms with van der Waals surface area (Å²) < 4.78 is 17.0. The van der Waals surface area contributed by atoms with E-state index in [2.05, 4.69) is 0 Å². The van der Waals surface area contributed by atoms with Crippen LogP contribution in [0.25, 0.3) is 0 Å². The van der Waals surface area contributed by atoms with Crippen molar-refractivity contribution in [3.8, 4) is 0 Å². The van der Waals surface area contributed by atoms with Gasteiger partial charge in [-0.1, -0.05) is 90.0 Å². The van der Waals surface area contributed by atoms with E-state index in [0.29, 0.717) is 6.42 Å². The molecule has 1 aliphatic heterocycles. The van der Waals surface area contributed by atoms with Crippen LogP contribution >= 0.6 is 0 Å². The van der Waals surface area contributed by atoms with Crippen molar-refractivity contribution in [2.24, 2.45) is 35.5 Å². The van der Waals surface area contributed by atoms with Gasteiger partial charge in [0.15, 0.2) is 5.78 Å². The van der Waals surface area contributed by atoms with Crippen LogP contribution in [0.1, 0.15) is 68.7 Å². The molecule has 0 aromatic heterocycles. The molecule has 0 saturated heterocycles. The Morgan fingerprint density at radius 1 is 1.07 bits per heavy atom. The molecule has 3 N–H and O–H groups in total. The number of carbonyl (C=O) groups excluding carboxylic acids is 2. The fraction of sp³-hybridized carbons (Fsp3) is 0.657. The van der Waals surface area contributed by atoms with Gasteiger partial charge >= 0.3 is 5.97 Å². The Balaban J connectivity index is 3.46. The van der Waals surface area contributed by atoms with Crippen molar-refractivity contribution < 1.29 is 39.1 Å². The predicted octanol–water partition coefficient (Wildman–Crippen LogP) is 5.34. The molecule has 0 bridgehead atoms. The number of hydrogen-bond acceptors (Lipinski definition) is 8. The zero-order valence-electron chi connectivity index (χ0n) is 28.0. The number of cyclic esters (lactones) is 1. The lowest BCUT2D eigenvalue weighted by Gasteiger charge is -2.33. The molecule has 244 valence electrons. The maximum absolute atomic E-state index is 13.4. The highest BCUT2D eigenvalue weighted by atomic mass is 16.6. The third-order valence-electron chi connectivity index (χ3n) is 8.40. The van der Waals surface area contributed by atoms with Crippen LogP contribution in [0, 0.1) is 35.5 Å². The van der Waals surface area contributed by atoms with Gasteiger partial charge in [0, 0.05) is 30.8 Å². The Kier molecular flexibility index (Phi) is 16.4. The zero-order valence-corrected chi connectivity index (χ0v) is 28.0. The SMILES string of the molecule is CO/C1=C/C(C)=C/[C@@H](C)[C@@H](O)[C@@H](C)C/C(C)=C/C=C/[C@H](OC)C([C@@H](C)[C@@H](O)[C@H](C)C(=O)/C=C/[C@H](C)[C@H](O)C(C)C)OC1=O. The largest absolute Gasteiger partial charge is 0.490 e. The minimum atomic E-state index is -1.17. The van der Waals surface area contributed by atoms with Crippen LogP contribution in [0.2, 0.25) is 0 Å². The fourth-order valence-corrected chi connectivity index (χ4v) is 5.43. The smallest absolute Gasteiger partial charge is 0.373 e. The van der Waals surface area contributed by atoms with Gasteiger partial charge in [-0.15, -0.1) is 0 Å². The van der Waals surface area contributed by atoms with Crippen LogP contribution in [0.5, 0.6) is 0 Å². The summed E-state index contributed by atoms with van der Waals surface area (Å²) in [4.78, 5) is 26.4. The number of aliphatic hydroxyl groups is 3. The molecule has 1 unspecified atom stereocenters. The van der Waals surface area contributed by atoms with Crippen molar-refractivity contribution >= 4 is 11.8 Å². The van der Waals surface area contributed by atoms with Gasteiger partial charge < -0.3 is 29.5 Å². The molecule has 0 spiro atoms. The van der Waals surface area contributed by atoms with Crippen LogP contribution in [-0.4, -0.2) is 71.8 Å². The molecule has 10 atom stereocenters. The Labute approximate surface area is 259 Å². The van der Waals surface area contributed by atoms with E-state index in [1.165, 1.54) is 20.3 Å². The van der Waals surface area contributed by atoms with E-state index in [-0.39, 0.29) is 35.2 Å². The van der Waals surface area contributed by atoms with Crippen LogP contribution in [0.15, 0.2) is 59.4 Å². The first-order valence-corrected chi connectivity index (χ1v) is 15.3. The van der Waals surface area contributed by atoms with Gasteiger partial charge in [-0.2, -0.15) is 0 Å². The standard InChI is InChI=1S/C35H56O8/c1-20(2)31(37)23(5)15-16-28(36)26(8)33(39)27(9)34-29(41-10)14-12-13-21(3)17-24(6)32(38)25(7)18-22(4)19-30(42-11)35(40)43-34/h12-16,18-20,23-27,29,31-34,37-39H,17H2,1-11H3/b14-12+,16-15+,21-13+,22-18+,30-19+/t23-,24-,25+,26+,27-,29-,31+,32-,33-,34?/m0/s1. The lowest BCUT2D eigenvalue weighted by molar-refractivity contribution is -0.162. The summed E-state index contributed by atoms with van der Waals surface area (Å²) in [7, 11) is 2.86. The van der Waals surface area contributed by atoms with E-state index >= 15 is 0 Å². The number of methoxy groups -OCH3 is 2. The highest BCUT2D eigenvalue weighted by Gasteiger charge is 2.38. The van der Waals surface area contributed by atoms with E-state index in [0.717, 1.165) is 11.1 Å². The summed E-state index contributed by atoms with van der Waals surface area (Å²) in [6.45, 7) is 16.7. The predicted molar refractivity (Wildman–Crippen MR) is 170 cm³/mol. The minimum Gasteiger partial charge on any atom is -0.490 e. The number of ketones is 1. The number of ether oxygens (including phenoxy) is 3. The summed E-state index contributed by atoms with van der Waals surface area (Å²) in [6.07, 6.45) is 8.65. The van der Waals surface area contributed by atoms with E-state index in [4.69, 9.17) is 14.2 Å². The monoisotopic (exact) mass is 604 g/mol. The molecule has 0 radical (unpaired) electrons. The fourth-order valence-electron chi connectivity index (χ4n) is 5.43. The Hall–Kier alpha value is -2.52. The highest BCUT2D eigenvalue weighted by Crippen LogP contribution is 2.27. The molecular weight excluding hydrogens is 548 g/mol. The van der Waals surface area contributed by atoms with Gasteiger partial charge in [0.1, 0.15) is 12.2 Å². The van der Waals surface area contributed by atoms with Gasteiger partial charge in [-0.05, 0) is 44.3 Å². The number of esters is 1. The molecule has 0 aromatic rings. The van der Waals surface area contributed by atoms with Crippen molar-refractivity contribution in [3.05, 3.63) is 59.4 Å². The molecule has 1 heterocycles. The average molecular weight is 605 g/mol. The topological polar surface area (TPSA) is 123 Å². The minimum absolute atomic E-state index is 0.00159. The number of rotatable bonds is 10. The zero-order chi connectivity index (χ0) is 33.0. The first-order valence-electron chi connectivity index (χ1n) is 15.3. The molecule has 1 rings (SSSR count). The molecule has 8 heteroatoms. The molecule has 1 aliphatic rings. The maximum Gasteiger partial charge on any atom is 0.373 e. The molecule has 0 aromatic carbocycles. The van der Waals surface area contributed by atoms with Crippen LogP contribution < -0.4 is 0 Å². The maximum atomic E-state index is 13.4. The molecule has 0 amide bonds. The van der Waals surface area contributed by atoms with Gasteiger partial charge in [0.2, 0.25) is 5.76 Å². The van der Waals surface area contributed by atoms with E-state index < -0.39 is 48.3 Å². The van der Waals surface area contributed by atoms with Crippen LogP contribution in [0.3, 0.4) is 0 Å². The van der Waals surface area contributed by atoms with E-state index in [9.17, 15) is 24.9 Å². The second-order valence-corrected chi connectivity index (χ2v) is 12.6. The van der Waals surface area contributed by atoms with E-state index in [1.54, 1.807) is 32.1 Å². The molecule has 8 nitrogen and oxygen atoms in total. The number of allylic oxidation sites excluding steroid dienone is 6. The first-order chi connectivity index (χ1) is 20.0. The quantitative estimate of drug-likeness (QED) is 0.226. The van der Waals surface area contributed by atoms with Crippen molar-refractivity contribution in [3.63, 3.8) is 0 Å². The second-order valence-electron chi connectivity index (χ2n) is 12.6. The molecule has 0 aliphatic carbocycles. The lowest BCUT2D eigenvalue weighted by Crippen LogP contribution is -2.45. The molecule has 0 saturated carbocycles. The number of carbonyl (C=O) groups is 2. The average Bonchev–Trinajstić information content (AvgIpc) is 2.96. The summed E-state index contributed by atoms with van der Waals surface area (Å²) in [5.74, 6) is -2.96. The van der Waals surface area contributed by atoms with Gasteiger partial charge in [-0.3, -0.25) is 4.79 Å². The molecule has 43 heavy (non-hydrogen) atoms. The molecule has 0 fully saturated rings. The number of hydrogen-bond donors (Lipinski definition) is 3. The summed E-state index contributed by atoms with van der Waals surface area (Å²) in [6, 6.07) is 0. The summed E-state index contributed by atoms with van der Waals surface area (Å²) in [5, 5.41) is 32.5. The third-order valence-corrected chi connectivity index (χ3v) is 8.40. The van der Waals surface area contributed by atoms with Crippen LogP contribution in [0.4, 0.5) is 0 Å². The second kappa shape index (κ2) is 18.3. The number of aliphatic hydroxyl groups excluding tert-OH is 3. The highest BCUT2D eigenvalue weighted by molar-refractivity contribution is 5.92. The Morgan fingerprint density at radius 3 is 2.26 bits per heavy atom. The lowest BCUT2D eigenvalue weighted by atomic mass is 9.84. The third kappa shape index (κ3) is 11.8. The first kappa shape index (κ1) is 38.5. The van der Waals surface area contributed by atoms with Gasteiger partial charge in [0.25, 0.3) is 0 Å². The normalized spacial score (nSPS) is 32.7. The van der Waals surface area contributed by atoms with Crippen molar-refractivity contribution in [1.82, 2.24) is 0 Å². The summed E-state index contributed by atoms with van der Waals surface area (Å²) >= 11 is 0. The molecular formula is C35H56O8. The van der Waals surface area contributed by atoms with Crippen molar-refractivity contribution in [2.75, 3.05) is 14.2 Å². The Morgan fingerprint density at radius 2 is 1.70 bits per heavy atom. The van der Waals surface area contributed by atoms with Crippen molar-refractivity contribution in [2.45, 2.75) is 99.3 Å².